The van der Waals surface area contributed by atoms with Gasteiger partial charge in [0.15, 0.2) is 0 Å². The summed E-state index contributed by atoms with van der Waals surface area (Å²) in [7, 11) is 0. The number of nitrogens with zero attached hydrogens (tertiary/aromatic N) is 2. The zero-order valence-corrected chi connectivity index (χ0v) is 18.7. The van der Waals surface area contributed by atoms with Crippen molar-refractivity contribution < 1.29 is 18.7 Å². The van der Waals surface area contributed by atoms with E-state index in [1.54, 1.807) is 0 Å². The molecule has 0 radical (unpaired) electrons. The highest BCUT2D eigenvalue weighted by molar-refractivity contribution is 5.78. The first-order valence-corrected chi connectivity index (χ1v) is 11.3. The van der Waals surface area contributed by atoms with E-state index in [1.165, 1.54) is 5.56 Å². The number of amides is 1. The predicted molar refractivity (Wildman–Crippen MR) is 119 cm³/mol. The maximum absolute atomic E-state index is 13.3. The van der Waals surface area contributed by atoms with Gasteiger partial charge in [-0.05, 0) is 63.8 Å². The van der Waals surface area contributed by atoms with Gasteiger partial charge in [0, 0.05) is 19.0 Å². The molecule has 6 heteroatoms. The van der Waals surface area contributed by atoms with Gasteiger partial charge in [-0.2, -0.15) is 0 Å². The van der Waals surface area contributed by atoms with Gasteiger partial charge < -0.3 is 14.1 Å². The van der Waals surface area contributed by atoms with E-state index in [0.717, 1.165) is 37.3 Å². The molecule has 0 N–H and O–H groups in total. The number of rotatable bonds is 13. The molecular formula is C25H34N2O4. The largest absolute Gasteiger partial charge is 0.466 e. The Labute approximate surface area is 185 Å². The fourth-order valence-electron chi connectivity index (χ4n) is 3.72. The number of hydrogen-bond donors (Lipinski definition) is 0. The van der Waals surface area contributed by atoms with E-state index in [0.29, 0.717) is 45.1 Å². The van der Waals surface area contributed by atoms with Crippen LogP contribution in [0, 0.1) is 6.92 Å². The van der Waals surface area contributed by atoms with Gasteiger partial charge in [0.2, 0.25) is 5.91 Å². The summed E-state index contributed by atoms with van der Waals surface area (Å²) in [4.78, 5) is 29.0. The van der Waals surface area contributed by atoms with Crippen LogP contribution < -0.4 is 0 Å². The van der Waals surface area contributed by atoms with E-state index < -0.39 is 0 Å². The molecule has 0 bridgehead atoms. The lowest BCUT2D eigenvalue weighted by atomic mass is 10.1. The number of carbonyl (C=O) groups is 2. The molecule has 6 nitrogen and oxygen atoms in total. The molecule has 1 saturated carbocycles. The second-order valence-electron chi connectivity index (χ2n) is 8.17. The Morgan fingerprint density at radius 2 is 1.87 bits per heavy atom. The standard InChI is InChI=1S/C25H34N2O4/c1-3-30-25(29)10-7-16-26(22-12-13-22)19-24(28)27(18-23-14-11-20(2)31-23)17-15-21-8-5-4-6-9-21/h4-6,8-9,11,14,22H,3,7,10,12-13,15-19H2,1-2H3. The Morgan fingerprint density at radius 1 is 1.10 bits per heavy atom. The zero-order chi connectivity index (χ0) is 22.1. The number of ether oxygens (including phenoxy) is 1. The lowest BCUT2D eigenvalue weighted by Crippen LogP contribution is -2.42. The minimum atomic E-state index is -0.165. The predicted octanol–water partition coefficient (Wildman–Crippen LogP) is 3.97. The summed E-state index contributed by atoms with van der Waals surface area (Å²) >= 11 is 0. The number of carbonyl (C=O) groups excluding carboxylic acids is 2. The van der Waals surface area contributed by atoms with Gasteiger partial charge in [0.25, 0.3) is 0 Å². The van der Waals surface area contributed by atoms with Gasteiger partial charge in [-0.15, -0.1) is 0 Å². The molecule has 3 rings (SSSR count). The van der Waals surface area contributed by atoms with Crippen molar-refractivity contribution in [1.29, 1.82) is 0 Å². The van der Waals surface area contributed by atoms with Gasteiger partial charge in [-0.3, -0.25) is 14.5 Å². The third-order valence-electron chi connectivity index (χ3n) is 5.54. The van der Waals surface area contributed by atoms with Gasteiger partial charge in [0.05, 0.1) is 19.7 Å². The van der Waals surface area contributed by atoms with Crippen LogP contribution in [0.25, 0.3) is 0 Å². The minimum absolute atomic E-state index is 0.105. The maximum Gasteiger partial charge on any atom is 0.305 e. The van der Waals surface area contributed by atoms with Crippen LogP contribution in [0.4, 0.5) is 0 Å². The number of furan rings is 1. The second-order valence-corrected chi connectivity index (χ2v) is 8.17. The molecule has 1 fully saturated rings. The van der Waals surface area contributed by atoms with Gasteiger partial charge in [-0.25, -0.2) is 0 Å². The third-order valence-corrected chi connectivity index (χ3v) is 5.54. The highest BCUT2D eigenvalue weighted by Crippen LogP contribution is 2.27. The minimum Gasteiger partial charge on any atom is -0.466 e. The molecule has 0 atom stereocenters. The average Bonchev–Trinajstić information content (AvgIpc) is 3.53. The molecule has 2 aromatic rings. The summed E-state index contributed by atoms with van der Waals surface area (Å²) in [5, 5.41) is 0. The molecule has 1 aromatic heterocycles. The molecule has 1 amide bonds. The Kier molecular flexibility index (Phi) is 8.71. The third kappa shape index (κ3) is 7.87. The van der Waals surface area contributed by atoms with Crippen molar-refractivity contribution in [1.82, 2.24) is 9.80 Å². The van der Waals surface area contributed by atoms with Crippen LogP contribution >= 0.6 is 0 Å². The fraction of sp³-hybridized carbons (Fsp3) is 0.520. The van der Waals surface area contributed by atoms with Crippen molar-refractivity contribution in [2.24, 2.45) is 0 Å². The average molecular weight is 427 g/mol. The molecule has 1 heterocycles. The quantitative estimate of drug-likeness (QED) is 0.454. The zero-order valence-electron chi connectivity index (χ0n) is 18.7. The highest BCUT2D eigenvalue weighted by Gasteiger charge is 2.31. The summed E-state index contributed by atoms with van der Waals surface area (Å²) in [5.41, 5.74) is 1.21. The molecule has 0 spiro atoms. The first-order valence-electron chi connectivity index (χ1n) is 11.3. The number of aryl methyl sites for hydroxylation is 1. The van der Waals surface area contributed by atoms with Crippen LogP contribution in [0.3, 0.4) is 0 Å². The van der Waals surface area contributed by atoms with Crippen molar-refractivity contribution >= 4 is 11.9 Å². The molecule has 168 valence electrons. The summed E-state index contributed by atoms with van der Waals surface area (Å²) in [6, 6.07) is 14.6. The summed E-state index contributed by atoms with van der Waals surface area (Å²) in [5.74, 6) is 1.60. The van der Waals surface area contributed by atoms with Crippen LogP contribution in [0.2, 0.25) is 0 Å². The van der Waals surface area contributed by atoms with Gasteiger partial charge in [-0.1, -0.05) is 30.3 Å². The lowest BCUT2D eigenvalue weighted by Gasteiger charge is -2.27. The molecule has 1 aromatic carbocycles. The summed E-state index contributed by atoms with van der Waals surface area (Å²) in [6.07, 6.45) is 4.15. The molecular weight excluding hydrogens is 392 g/mol. The van der Waals surface area contributed by atoms with Crippen LogP contribution in [0.1, 0.15) is 49.7 Å². The Balaban J connectivity index is 1.59. The Morgan fingerprint density at radius 3 is 2.52 bits per heavy atom. The first-order chi connectivity index (χ1) is 15.0. The van der Waals surface area contributed by atoms with E-state index in [4.69, 9.17) is 9.15 Å². The summed E-state index contributed by atoms with van der Waals surface area (Å²) in [6.45, 7) is 6.37. The van der Waals surface area contributed by atoms with E-state index >= 15 is 0 Å². The monoisotopic (exact) mass is 426 g/mol. The van der Waals surface area contributed by atoms with Crippen molar-refractivity contribution in [3.63, 3.8) is 0 Å². The van der Waals surface area contributed by atoms with Crippen molar-refractivity contribution in [3.05, 3.63) is 59.5 Å². The maximum atomic E-state index is 13.3. The van der Waals surface area contributed by atoms with E-state index in [2.05, 4.69) is 17.0 Å². The van der Waals surface area contributed by atoms with E-state index in [1.807, 2.05) is 49.1 Å². The Bertz CT molecular complexity index is 829. The second kappa shape index (κ2) is 11.7. The molecule has 0 unspecified atom stereocenters. The number of esters is 1. The molecule has 0 aliphatic heterocycles. The smallest absolute Gasteiger partial charge is 0.305 e. The van der Waals surface area contributed by atoms with Crippen LogP contribution in [0.15, 0.2) is 46.9 Å². The Hall–Kier alpha value is -2.60. The molecule has 1 aliphatic carbocycles. The van der Waals surface area contributed by atoms with Crippen molar-refractivity contribution in [3.8, 4) is 0 Å². The number of benzene rings is 1. The van der Waals surface area contributed by atoms with Gasteiger partial charge in [0.1, 0.15) is 11.5 Å². The fourth-order valence-corrected chi connectivity index (χ4v) is 3.72. The van der Waals surface area contributed by atoms with Crippen molar-refractivity contribution in [2.75, 3.05) is 26.2 Å². The molecule has 31 heavy (non-hydrogen) atoms. The van der Waals surface area contributed by atoms with Crippen LogP contribution in [0.5, 0.6) is 0 Å². The molecule has 0 saturated heterocycles. The molecule has 1 aliphatic rings. The van der Waals surface area contributed by atoms with Crippen molar-refractivity contribution in [2.45, 2.75) is 58.5 Å². The SMILES string of the molecule is CCOC(=O)CCCN(CC(=O)N(CCc1ccccc1)Cc1ccc(C)o1)C1CC1. The number of hydrogen-bond acceptors (Lipinski definition) is 5. The topological polar surface area (TPSA) is 63.0 Å². The van der Waals surface area contributed by atoms with E-state index in [-0.39, 0.29) is 11.9 Å². The first kappa shape index (κ1) is 23.1. The normalized spacial score (nSPS) is 13.4. The van der Waals surface area contributed by atoms with Crippen LogP contribution in [-0.2, 0) is 27.3 Å². The lowest BCUT2D eigenvalue weighted by molar-refractivity contribution is -0.143. The van der Waals surface area contributed by atoms with Gasteiger partial charge >= 0.3 is 5.97 Å². The van der Waals surface area contributed by atoms with Crippen LogP contribution in [-0.4, -0.2) is 54.0 Å². The highest BCUT2D eigenvalue weighted by atomic mass is 16.5. The van der Waals surface area contributed by atoms with E-state index in [9.17, 15) is 9.59 Å². The summed E-state index contributed by atoms with van der Waals surface area (Å²) < 4.78 is 10.8.